The molecule has 2 N–H and O–H groups in total. The molecule has 130 valence electrons. The van der Waals surface area contributed by atoms with E-state index in [0.717, 1.165) is 5.56 Å². The Morgan fingerprint density at radius 1 is 1.38 bits per heavy atom. The molecular formula is C18H25N3O3. The van der Waals surface area contributed by atoms with Crippen molar-refractivity contribution in [1.82, 2.24) is 15.1 Å². The molecule has 2 atom stereocenters. The van der Waals surface area contributed by atoms with Crippen LogP contribution < -0.4 is 10.1 Å². The van der Waals surface area contributed by atoms with Crippen LogP contribution in [0, 0.1) is 5.92 Å². The van der Waals surface area contributed by atoms with Crippen molar-refractivity contribution in [3.8, 4) is 17.0 Å². The molecule has 1 amide bonds. The van der Waals surface area contributed by atoms with E-state index in [1.807, 2.05) is 31.2 Å². The molecule has 0 fully saturated rings. The Bertz CT molecular complexity index is 695. The van der Waals surface area contributed by atoms with Gasteiger partial charge in [0.2, 0.25) is 0 Å². The van der Waals surface area contributed by atoms with Crippen LogP contribution in [-0.4, -0.2) is 40.6 Å². The van der Waals surface area contributed by atoms with Gasteiger partial charge < -0.3 is 15.2 Å². The van der Waals surface area contributed by atoms with E-state index in [0.29, 0.717) is 30.0 Å². The first-order valence-corrected chi connectivity index (χ1v) is 8.05. The van der Waals surface area contributed by atoms with Gasteiger partial charge in [-0.25, -0.2) is 0 Å². The lowest BCUT2D eigenvalue weighted by molar-refractivity contribution is 0.0940. The fourth-order valence-electron chi connectivity index (χ4n) is 2.72. The number of nitrogens with one attached hydrogen (secondary N) is 1. The highest BCUT2D eigenvalue weighted by Crippen LogP contribution is 2.30. The topological polar surface area (TPSA) is 76.4 Å². The summed E-state index contributed by atoms with van der Waals surface area (Å²) in [5, 5.41) is 16.8. The normalized spacial score (nSPS) is 13.4. The molecule has 24 heavy (non-hydrogen) atoms. The number of aliphatic hydroxyl groups excluding tert-OH is 1. The number of aromatic nitrogens is 2. The first kappa shape index (κ1) is 18.0. The molecule has 0 aliphatic carbocycles. The first-order chi connectivity index (χ1) is 11.4. The molecule has 1 aromatic carbocycles. The van der Waals surface area contributed by atoms with Crippen LogP contribution in [0.15, 0.2) is 30.5 Å². The summed E-state index contributed by atoms with van der Waals surface area (Å²) in [6.07, 6.45) is 1.97. The second kappa shape index (κ2) is 7.97. The summed E-state index contributed by atoms with van der Waals surface area (Å²) in [5.74, 6) is 0.689. The molecule has 1 heterocycles. The van der Waals surface area contributed by atoms with Crippen LogP contribution in [-0.2, 0) is 7.05 Å². The molecule has 0 spiro atoms. The summed E-state index contributed by atoms with van der Waals surface area (Å²) >= 11 is 0. The van der Waals surface area contributed by atoms with Gasteiger partial charge in [0.15, 0.2) is 0 Å². The lowest BCUT2D eigenvalue weighted by Gasteiger charge is -2.14. The van der Waals surface area contributed by atoms with Gasteiger partial charge in [-0.2, -0.15) is 5.10 Å². The van der Waals surface area contributed by atoms with Crippen molar-refractivity contribution in [2.24, 2.45) is 13.0 Å². The summed E-state index contributed by atoms with van der Waals surface area (Å²) in [7, 11) is 3.38. The predicted octanol–water partition coefficient (Wildman–Crippen LogP) is 2.23. The first-order valence-electron chi connectivity index (χ1n) is 8.05. The Balaban J connectivity index is 2.21. The fourth-order valence-corrected chi connectivity index (χ4v) is 2.72. The minimum atomic E-state index is -0.376. The number of ether oxygens (including phenoxy) is 1. The van der Waals surface area contributed by atoms with Crippen LogP contribution in [0.2, 0.25) is 0 Å². The zero-order valence-electron chi connectivity index (χ0n) is 14.6. The van der Waals surface area contributed by atoms with E-state index in [2.05, 4.69) is 10.4 Å². The van der Waals surface area contributed by atoms with Gasteiger partial charge in [-0.3, -0.25) is 9.48 Å². The summed E-state index contributed by atoms with van der Waals surface area (Å²) in [6.45, 7) is 4.25. The highest BCUT2D eigenvalue weighted by molar-refractivity contribution is 6.00. The van der Waals surface area contributed by atoms with E-state index in [1.165, 1.54) is 0 Å². The van der Waals surface area contributed by atoms with Gasteiger partial charge in [0.1, 0.15) is 11.4 Å². The molecule has 0 radical (unpaired) electrons. The van der Waals surface area contributed by atoms with Crippen LogP contribution >= 0.6 is 0 Å². The number of benzene rings is 1. The second-order valence-electron chi connectivity index (χ2n) is 6.17. The fraction of sp³-hybridized carbons (Fsp3) is 0.444. The van der Waals surface area contributed by atoms with Crippen LogP contribution in [0.5, 0.6) is 5.75 Å². The van der Waals surface area contributed by atoms with Gasteiger partial charge in [0, 0.05) is 25.4 Å². The lowest BCUT2D eigenvalue weighted by Crippen LogP contribution is -2.29. The number of nitrogens with zero attached hydrogens (tertiary/aromatic N) is 2. The molecule has 0 saturated heterocycles. The number of rotatable bonds is 7. The lowest BCUT2D eigenvalue weighted by atomic mass is 10.0. The number of amides is 1. The number of carbonyl (C=O) groups is 1. The third-order valence-electron chi connectivity index (χ3n) is 3.79. The Morgan fingerprint density at radius 2 is 2.08 bits per heavy atom. The van der Waals surface area contributed by atoms with Crippen LogP contribution in [0.25, 0.3) is 11.3 Å². The molecule has 0 saturated carbocycles. The van der Waals surface area contributed by atoms with Crippen molar-refractivity contribution in [1.29, 1.82) is 0 Å². The van der Waals surface area contributed by atoms with E-state index < -0.39 is 0 Å². The van der Waals surface area contributed by atoms with Gasteiger partial charge in [0.25, 0.3) is 5.91 Å². The summed E-state index contributed by atoms with van der Waals surface area (Å²) < 4.78 is 7.00. The standard InChI is InChI=1S/C18H25N3O3/c1-12(9-13(2)22)10-19-18(23)15-11-21(3)20-17(15)14-7-5-6-8-16(14)24-4/h5-8,11-13,22H,9-10H2,1-4H3,(H,19,23). The largest absolute Gasteiger partial charge is 0.496 e. The van der Waals surface area contributed by atoms with Crippen LogP contribution in [0.4, 0.5) is 0 Å². The Morgan fingerprint density at radius 3 is 2.75 bits per heavy atom. The number of aryl methyl sites for hydroxylation is 1. The maximum Gasteiger partial charge on any atom is 0.255 e. The molecule has 6 nitrogen and oxygen atoms in total. The number of hydrogen-bond donors (Lipinski definition) is 2. The van der Waals surface area contributed by atoms with Gasteiger partial charge in [-0.1, -0.05) is 19.1 Å². The van der Waals surface area contributed by atoms with Crippen LogP contribution in [0.3, 0.4) is 0 Å². The van der Waals surface area contributed by atoms with Crippen molar-refractivity contribution in [2.75, 3.05) is 13.7 Å². The monoisotopic (exact) mass is 331 g/mol. The highest BCUT2D eigenvalue weighted by Gasteiger charge is 2.20. The minimum Gasteiger partial charge on any atom is -0.496 e. The molecule has 2 aromatic rings. The SMILES string of the molecule is COc1ccccc1-c1nn(C)cc1C(=O)NCC(C)CC(C)O. The average molecular weight is 331 g/mol. The number of methoxy groups -OCH3 is 1. The third kappa shape index (κ3) is 4.35. The Labute approximate surface area is 142 Å². The minimum absolute atomic E-state index is 0.179. The maximum absolute atomic E-state index is 12.6. The maximum atomic E-state index is 12.6. The molecule has 2 unspecified atom stereocenters. The van der Waals surface area contributed by atoms with Gasteiger partial charge in [-0.05, 0) is 31.4 Å². The molecular weight excluding hydrogens is 306 g/mol. The summed E-state index contributed by atoms with van der Waals surface area (Å²) in [6, 6.07) is 7.49. The van der Waals surface area contributed by atoms with Gasteiger partial charge in [-0.15, -0.1) is 0 Å². The van der Waals surface area contributed by atoms with Crippen molar-refractivity contribution in [3.63, 3.8) is 0 Å². The van der Waals surface area contributed by atoms with Crippen molar-refractivity contribution >= 4 is 5.91 Å². The number of carbonyl (C=O) groups excluding carboxylic acids is 1. The van der Waals surface area contributed by atoms with E-state index in [1.54, 1.807) is 32.0 Å². The summed E-state index contributed by atoms with van der Waals surface area (Å²) in [4.78, 5) is 12.6. The molecule has 0 aliphatic rings. The van der Waals surface area contributed by atoms with E-state index >= 15 is 0 Å². The quantitative estimate of drug-likeness (QED) is 0.816. The van der Waals surface area contributed by atoms with E-state index in [-0.39, 0.29) is 17.9 Å². The smallest absolute Gasteiger partial charge is 0.255 e. The van der Waals surface area contributed by atoms with Gasteiger partial charge in [0.05, 0.1) is 18.8 Å². The van der Waals surface area contributed by atoms with Crippen molar-refractivity contribution < 1.29 is 14.6 Å². The highest BCUT2D eigenvalue weighted by atomic mass is 16.5. The Hall–Kier alpha value is -2.34. The zero-order chi connectivity index (χ0) is 17.7. The van der Waals surface area contributed by atoms with Crippen molar-refractivity contribution in [2.45, 2.75) is 26.4 Å². The predicted molar refractivity (Wildman–Crippen MR) is 93.0 cm³/mol. The van der Waals surface area contributed by atoms with E-state index in [9.17, 15) is 9.90 Å². The molecule has 1 aromatic heterocycles. The summed E-state index contributed by atoms with van der Waals surface area (Å²) in [5.41, 5.74) is 1.88. The number of para-hydroxylation sites is 1. The second-order valence-corrected chi connectivity index (χ2v) is 6.17. The average Bonchev–Trinajstić information content (AvgIpc) is 2.93. The Kier molecular flexibility index (Phi) is 5.98. The number of hydrogen-bond acceptors (Lipinski definition) is 4. The molecule has 0 bridgehead atoms. The molecule has 2 rings (SSSR count). The van der Waals surface area contributed by atoms with Crippen LogP contribution in [0.1, 0.15) is 30.6 Å². The molecule has 0 aliphatic heterocycles. The van der Waals surface area contributed by atoms with Gasteiger partial charge >= 0.3 is 0 Å². The van der Waals surface area contributed by atoms with Crippen molar-refractivity contribution in [3.05, 3.63) is 36.0 Å². The zero-order valence-corrected chi connectivity index (χ0v) is 14.6. The molecule has 6 heteroatoms. The third-order valence-corrected chi connectivity index (χ3v) is 3.79. The number of aliphatic hydroxyl groups is 1. The van der Waals surface area contributed by atoms with E-state index in [4.69, 9.17) is 4.74 Å².